The summed E-state index contributed by atoms with van der Waals surface area (Å²) in [6.07, 6.45) is 7.07. The molecular formula is C16H28O. The zero-order chi connectivity index (χ0) is 13.1. The Labute approximate surface area is 107 Å². The van der Waals surface area contributed by atoms with Crippen LogP contribution >= 0.6 is 0 Å². The Morgan fingerprint density at radius 1 is 1.00 bits per heavy atom. The van der Waals surface area contributed by atoms with E-state index in [1.54, 1.807) is 12.1 Å². The number of phenolic OH excluding ortho intramolecular Hbond substituents is 1. The van der Waals surface area contributed by atoms with Gasteiger partial charge in [0.15, 0.2) is 0 Å². The van der Waals surface area contributed by atoms with Crippen LogP contribution in [0.2, 0.25) is 0 Å². The first-order valence-corrected chi connectivity index (χ1v) is 6.82. The van der Waals surface area contributed by atoms with Gasteiger partial charge < -0.3 is 5.11 Å². The van der Waals surface area contributed by atoms with Crippen LogP contribution < -0.4 is 0 Å². The molecule has 0 aliphatic carbocycles. The number of hydrogen-bond donors (Lipinski definition) is 1. The SMILES string of the molecule is CCCCCCC(C)C.Cc1ccc(O)cc1. The molecule has 0 heterocycles. The van der Waals surface area contributed by atoms with Gasteiger partial charge in [0.1, 0.15) is 5.75 Å². The molecule has 0 saturated carbocycles. The summed E-state index contributed by atoms with van der Waals surface area (Å²) in [5.74, 6) is 1.23. The van der Waals surface area contributed by atoms with Gasteiger partial charge in [-0.3, -0.25) is 0 Å². The van der Waals surface area contributed by atoms with Crippen molar-refractivity contribution in [3.05, 3.63) is 29.8 Å². The molecular weight excluding hydrogens is 208 g/mol. The minimum absolute atomic E-state index is 0.329. The van der Waals surface area contributed by atoms with Gasteiger partial charge in [-0.05, 0) is 25.0 Å². The Kier molecular flexibility index (Phi) is 9.60. The number of benzene rings is 1. The van der Waals surface area contributed by atoms with Crippen molar-refractivity contribution in [1.29, 1.82) is 0 Å². The van der Waals surface area contributed by atoms with Crippen molar-refractivity contribution in [3.63, 3.8) is 0 Å². The summed E-state index contributed by atoms with van der Waals surface area (Å²) >= 11 is 0. The van der Waals surface area contributed by atoms with Crippen LogP contribution in [0.15, 0.2) is 24.3 Å². The van der Waals surface area contributed by atoms with Crippen molar-refractivity contribution < 1.29 is 5.11 Å². The minimum atomic E-state index is 0.329. The van der Waals surface area contributed by atoms with Gasteiger partial charge in [-0.25, -0.2) is 0 Å². The second-order valence-corrected chi connectivity index (χ2v) is 5.08. The second kappa shape index (κ2) is 10.2. The van der Waals surface area contributed by atoms with Gasteiger partial charge in [0.05, 0.1) is 0 Å². The van der Waals surface area contributed by atoms with Gasteiger partial charge in [-0.2, -0.15) is 0 Å². The number of hydrogen-bond acceptors (Lipinski definition) is 1. The van der Waals surface area contributed by atoms with E-state index in [0.29, 0.717) is 5.75 Å². The van der Waals surface area contributed by atoms with Gasteiger partial charge in [0, 0.05) is 0 Å². The highest BCUT2D eigenvalue weighted by Gasteiger charge is 1.91. The third-order valence-electron chi connectivity index (χ3n) is 2.67. The van der Waals surface area contributed by atoms with Crippen LogP contribution in [0.4, 0.5) is 0 Å². The second-order valence-electron chi connectivity index (χ2n) is 5.08. The number of aryl methyl sites for hydroxylation is 1. The topological polar surface area (TPSA) is 20.2 Å². The molecule has 0 saturated heterocycles. The molecule has 0 spiro atoms. The zero-order valence-corrected chi connectivity index (χ0v) is 11.9. The van der Waals surface area contributed by atoms with Crippen LogP contribution in [0.5, 0.6) is 5.75 Å². The Morgan fingerprint density at radius 3 is 2.00 bits per heavy atom. The normalized spacial score (nSPS) is 9.94. The van der Waals surface area contributed by atoms with Crippen LogP contribution in [0.25, 0.3) is 0 Å². The van der Waals surface area contributed by atoms with Gasteiger partial charge in [-0.1, -0.05) is 70.6 Å². The third kappa shape index (κ3) is 11.3. The quantitative estimate of drug-likeness (QED) is 0.686. The molecule has 0 amide bonds. The van der Waals surface area contributed by atoms with E-state index in [4.69, 9.17) is 5.11 Å². The Morgan fingerprint density at radius 2 is 1.59 bits per heavy atom. The predicted molar refractivity (Wildman–Crippen MR) is 76.4 cm³/mol. The molecule has 1 nitrogen and oxygen atoms in total. The first-order chi connectivity index (χ1) is 8.06. The summed E-state index contributed by atoms with van der Waals surface area (Å²) in [4.78, 5) is 0. The lowest BCUT2D eigenvalue weighted by Crippen LogP contribution is -1.86. The highest BCUT2D eigenvalue weighted by molar-refractivity contribution is 5.24. The molecule has 1 aromatic carbocycles. The molecule has 0 aliphatic heterocycles. The highest BCUT2D eigenvalue weighted by Crippen LogP contribution is 2.08. The maximum atomic E-state index is 8.76. The first-order valence-electron chi connectivity index (χ1n) is 6.82. The lowest BCUT2D eigenvalue weighted by Gasteiger charge is -2.01. The molecule has 17 heavy (non-hydrogen) atoms. The predicted octanol–water partition coefficient (Wildman–Crippen LogP) is 5.31. The molecule has 0 aliphatic rings. The van der Waals surface area contributed by atoms with Gasteiger partial charge >= 0.3 is 0 Å². The number of unbranched alkanes of at least 4 members (excludes halogenated alkanes) is 3. The average Bonchev–Trinajstić information content (AvgIpc) is 2.29. The monoisotopic (exact) mass is 236 g/mol. The summed E-state index contributed by atoms with van der Waals surface area (Å²) in [6.45, 7) is 8.84. The van der Waals surface area contributed by atoms with Gasteiger partial charge in [0.2, 0.25) is 0 Å². The van der Waals surface area contributed by atoms with Crippen molar-refractivity contribution in [2.75, 3.05) is 0 Å². The Bertz CT molecular complexity index is 240. The average molecular weight is 236 g/mol. The summed E-state index contributed by atoms with van der Waals surface area (Å²) in [6, 6.07) is 7.09. The van der Waals surface area contributed by atoms with Crippen molar-refractivity contribution >= 4 is 0 Å². The molecule has 1 aromatic rings. The standard InChI is InChI=1S/C9H20.C7H8O/c1-4-5-6-7-8-9(2)3;1-6-2-4-7(8)5-3-6/h9H,4-8H2,1-3H3;2-5,8H,1H3. The largest absolute Gasteiger partial charge is 0.508 e. The van der Waals surface area contributed by atoms with Crippen LogP contribution in [0.1, 0.15) is 58.4 Å². The van der Waals surface area contributed by atoms with Gasteiger partial charge in [0.25, 0.3) is 0 Å². The molecule has 0 atom stereocenters. The van der Waals surface area contributed by atoms with Crippen LogP contribution in [-0.4, -0.2) is 5.11 Å². The number of phenols is 1. The van der Waals surface area contributed by atoms with E-state index in [9.17, 15) is 0 Å². The maximum absolute atomic E-state index is 8.76. The van der Waals surface area contributed by atoms with E-state index >= 15 is 0 Å². The maximum Gasteiger partial charge on any atom is 0.115 e. The minimum Gasteiger partial charge on any atom is -0.508 e. The van der Waals surface area contributed by atoms with E-state index < -0.39 is 0 Å². The van der Waals surface area contributed by atoms with E-state index in [1.165, 1.54) is 37.7 Å². The summed E-state index contributed by atoms with van der Waals surface area (Å²) in [7, 11) is 0. The summed E-state index contributed by atoms with van der Waals surface area (Å²) in [5.41, 5.74) is 1.17. The Balaban J connectivity index is 0.000000302. The van der Waals surface area contributed by atoms with Crippen molar-refractivity contribution in [1.82, 2.24) is 0 Å². The fraction of sp³-hybridized carbons (Fsp3) is 0.625. The molecule has 0 unspecified atom stereocenters. The van der Waals surface area contributed by atoms with Crippen molar-refractivity contribution in [3.8, 4) is 5.75 Å². The molecule has 0 bridgehead atoms. The zero-order valence-electron chi connectivity index (χ0n) is 11.9. The fourth-order valence-corrected chi connectivity index (χ4v) is 1.52. The van der Waals surface area contributed by atoms with Crippen LogP contribution in [-0.2, 0) is 0 Å². The molecule has 0 fully saturated rings. The van der Waals surface area contributed by atoms with E-state index in [0.717, 1.165) is 5.92 Å². The van der Waals surface area contributed by atoms with Crippen molar-refractivity contribution in [2.24, 2.45) is 5.92 Å². The number of aromatic hydroxyl groups is 1. The molecule has 0 radical (unpaired) electrons. The summed E-state index contributed by atoms with van der Waals surface area (Å²) in [5, 5.41) is 8.76. The van der Waals surface area contributed by atoms with E-state index in [2.05, 4.69) is 20.8 Å². The molecule has 98 valence electrons. The van der Waals surface area contributed by atoms with Crippen LogP contribution in [0, 0.1) is 12.8 Å². The number of rotatable bonds is 5. The third-order valence-corrected chi connectivity index (χ3v) is 2.67. The molecule has 1 N–H and O–H groups in total. The molecule has 0 aromatic heterocycles. The lowest BCUT2D eigenvalue weighted by atomic mass is 10.1. The van der Waals surface area contributed by atoms with E-state index in [-0.39, 0.29) is 0 Å². The van der Waals surface area contributed by atoms with Crippen LogP contribution in [0.3, 0.4) is 0 Å². The fourth-order valence-electron chi connectivity index (χ4n) is 1.52. The smallest absolute Gasteiger partial charge is 0.115 e. The Hall–Kier alpha value is -0.980. The highest BCUT2D eigenvalue weighted by atomic mass is 16.3. The van der Waals surface area contributed by atoms with Gasteiger partial charge in [-0.15, -0.1) is 0 Å². The first kappa shape index (κ1) is 16.0. The summed E-state index contributed by atoms with van der Waals surface area (Å²) < 4.78 is 0. The molecule has 1 heteroatoms. The van der Waals surface area contributed by atoms with Crippen molar-refractivity contribution in [2.45, 2.75) is 59.8 Å². The lowest BCUT2D eigenvalue weighted by molar-refractivity contribution is 0.475. The molecule has 1 rings (SSSR count). The van der Waals surface area contributed by atoms with E-state index in [1.807, 2.05) is 19.1 Å².